The van der Waals surface area contributed by atoms with E-state index in [4.69, 9.17) is 18.9 Å². The van der Waals surface area contributed by atoms with Crippen molar-refractivity contribution in [1.29, 1.82) is 0 Å². The lowest BCUT2D eigenvalue weighted by Gasteiger charge is -2.39. The van der Waals surface area contributed by atoms with Crippen molar-refractivity contribution in [2.75, 3.05) is 26.1 Å². The molecule has 1 aromatic heterocycles. The summed E-state index contributed by atoms with van der Waals surface area (Å²) in [6.45, 7) is 2.53. The lowest BCUT2D eigenvalue weighted by molar-refractivity contribution is 0.215. The molecule has 0 bridgehead atoms. The Labute approximate surface area is 209 Å². The van der Waals surface area contributed by atoms with E-state index in [0.717, 1.165) is 39.5 Å². The third-order valence-corrected chi connectivity index (χ3v) is 6.55. The van der Waals surface area contributed by atoms with Crippen LogP contribution in [0.2, 0.25) is 0 Å². The normalized spacial score (nSPS) is 17.8. The first-order chi connectivity index (χ1) is 17.7. The molecule has 182 valence electrons. The average Bonchev–Trinajstić information content (AvgIpc) is 3.40. The fourth-order valence-electron chi connectivity index (χ4n) is 5.00. The van der Waals surface area contributed by atoms with Crippen molar-refractivity contribution < 1.29 is 18.9 Å². The zero-order chi connectivity index (χ0) is 24.6. The number of hydrogen-bond donors (Lipinski definition) is 1. The van der Waals surface area contributed by atoms with E-state index in [9.17, 15) is 0 Å². The highest BCUT2D eigenvalue weighted by Crippen LogP contribution is 2.52. The zero-order valence-corrected chi connectivity index (χ0v) is 20.3. The van der Waals surface area contributed by atoms with Crippen molar-refractivity contribution in [1.82, 2.24) is 14.8 Å². The Balaban J connectivity index is 1.62. The van der Waals surface area contributed by atoms with Crippen molar-refractivity contribution >= 4 is 11.6 Å². The van der Waals surface area contributed by atoms with Crippen LogP contribution in [0.3, 0.4) is 0 Å². The van der Waals surface area contributed by atoms with E-state index in [1.165, 1.54) is 0 Å². The summed E-state index contributed by atoms with van der Waals surface area (Å²) in [7, 11) is 3.27. The Hall–Kier alpha value is -4.46. The number of methoxy groups -OCH3 is 2. The maximum absolute atomic E-state index is 6.72. The first-order valence-corrected chi connectivity index (χ1v) is 11.8. The van der Waals surface area contributed by atoms with Gasteiger partial charge in [-0.15, -0.1) is 0 Å². The summed E-state index contributed by atoms with van der Waals surface area (Å²) in [5.41, 5.74) is 4.84. The Morgan fingerprint density at radius 3 is 2.58 bits per heavy atom. The van der Waals surface area contributed by atoms with Gasteiger partial charge in [0.15, 0.2) is 17.6 Å². The summed E-state index contributed by atoms with van der Waals surface area (Å²) in [4.78, 5) is 4.50. The van der Waals surface area contributed by atoms with Crippen LogP contribution in [0.15, 0.2) is 78.6 Å². The average molecular weight is 483 g/mol. The number of aromatic nitrogens is 3. The molecule has 2 aliphatic rings. The van der Waals surface area contributed by atoms with Gasteiger partial charge >= 0.3 is 0 Å². The van der Waals surface area contributed by atoms with Gasteiger partial charge < -0.3 is 24.3 Å². The molecule has 0 unspecified atom stereocenters. The van der Waals surface area contributed by atoms with E-state index in [1.54, 1.807) is 20.5 Å². The second-order valence-corrected chi connectivity index (χ2v) is 8.47. The number of nitrogens with one attached hydrogen (secondary N) is 1. The molecule has 8 nitrogen and oxygen atoms in total. The molecule has 0 fully saturated rings. The lowest BCUT2D eigenvalue weighted by atomic mass is 9.84. The van der Waals surface area contributed by atoms with Crippen LogP contribution in [0, 0.1) is 0 Å². The molecule has 0 saturated carbocycles. The quantitative estimate of drug-likeness (QED) is 0.402. The predicted molar refractivity (Wildman–Crippen MR) is 136 cm³/mol. The Morgan fingerprint density at radius 2 is 1.75 bits per heavy atom. The lowest BCUT2D eigenvalue weighted by Crippen LogP contribution is -2.32. The van der Waals surface area contributed by atoms with Crippen LogP contribution in [0.1, 0.15) is 35.8 Å². The summed E-state index contributed by atoms with van der Waals surface area (Å²) in [6, 6.07) is 21.6. The van der Waals surface area contributed by atoms with E-state index in [0.29, 0.717) is 24.1 Å². The van der Waals surface area contributed by atoms with Crippen molar-refractivity contribution in [2.45, 2.75) is 19.1 Å². The van der Waals surface area contributed by atoms with Crippen LogP contribution in [-0.2, 0) is 0 Å². The molecular formula is C28H26N4O4. The summed E-state index contributed by atoms with van der Waals surface area (Å²) >= 11 is 0. The van der Waals surface area contributed by atoms with Gasteiger partial charge in [-0.25, -0.2) is 4.68 Å². The number of rotatable bonds is 6. The summed E-state index contributed by atoms with van der Waals surface area (Å²) in [5, 5.41) is 8.13. The number of ether oxygens (including phenoxy) is 4. The van der Waals surface area contributed by atoms with E-state index in [-0.39, 0.29) is 6.04 Å². The minimum absolute atomic E-state index is 0.313. The molecule has 0 radical (unpaired) electrons. The third kappa shape index (κ3) is 3.45. The van der Waals surface area contributed by atoms with Gasteiger partial charge in [-0.3, -0.25) is 0 Å². The molecule has 0 amide bonds. The smallest absolute Gasteiger partial charge is 0.226 e. The molecule has 4 aromatic rings. The minimum Gasteiger partial charge on any atom is -0.493 e. The maximum atomic E-state index is 6.72. The molecule has 3 heterocycles. The first kappa shape index (κ1) is 22.0. The SMILES string of the molecule is CCOc1ccccc1[C@@H]1Oc2ccccc2C2=C1[C@H](c1ccc(OC)c(OC)c1)n1ncnc1N2. The summed E-state index contributed by atoms with van der Waals surface area (Å²) in [5.74, 6) is 3.53. The summed E-state index contributed by atoms with van der Waals surface area (Å²) in [6.07, 6.45) is 1.13. The Morgan fingerprint density at radius 1 is 0.944 bits per heavy atom. The van der Waals surface area contributed by atoms with Crippen LogP contribution in [0.5, 0.6) is 23.0 Å². The van der Waals surface area contributed by atoms with Crippen LogP contribution in [0.4, 0.5) is 5.95 Å². The Bertz CT molecular complexity index is 1460. The second kappa shape index (κ2) is 8.96. The first-order valence-electron chi connectivity index (χ1n) is 11.8. The number of nitrogens with zero attached hydrogens (tertiary/aromatic N) is 3. The van der Waals surface area contributed by atoms with Crippen molar-refractivity contribution in [3.8, 4) is 23.0 Å². The van der Waals surface area contributed by atoms with Gasteiger partial charge in [0.25, 0.3) is 0 Å². The fourth-order valence-corrected chi connectivity index (χ4v) is 5.00. The van der Waals surface area contributed by atoms with Gasteiger partial charge in [-0.1, -0.05) is 36.4 Å². The van der Waals surface area contributed by atoms with Crippen LogP contribution in [-0.4, -0.2) is 35.6 Å². The van der Waals surface area contributed by atoms with Gasteiger partial charge in [-0.2, -0.15) is 10.1 Å². The molecule has 0 spiro atoms. The zero-order valence-electron chi connectivity index (χ0n) is 20.3. The monoisotopic (exact) mass is 482 g/mol. The van der Waals surface area contributed by atoms with Crippen LogP contribution < -0.4 is 24.3 Å². The van der Waals surface area contributed by atoms with Crippen LogP contribution in [0.25, 0.3) is 5.70 Å². The standard InChI is InChI=1S/C28H26N4O4/c1-4-35-20-11-7-6-10-19(20)27-24-25(18-9-5-8-12-21(18)36-27)31-28-29-16-30-32(28)26(24)17-13-14-22(33-2)23(15-17)34-3/h5-16,26-27H,4H2,1-3H3,(H,29,30,31)/t26-,27-/m0/s1. The van der Waals surface area contributed by atoms with E-state index in [2.05, 4.69) is 27.5 Å². The predicted octanol–water partition coefficient (Wildman–Crippen LogP) is 5.25. The number of fused-ring (bicyclic) bond motifs is 3. The van der Waals surface area contributed by atoms with Crippen molar-refractivity contribution in [3.05, 3.63) is 95.3 Å². The largest absolute Gasteiger partial charge is 0.493 e. The molecule has 2 aliphatic heterocycles. The topological polar surface area (TPSA) is 79.7 Å². The number of para-hydroxylation sites is 2. The van der Waals surface area contributed by atoms with Gasteiger partial charge in [0.05, 0.1) is 26.5 Å². The molecule has 0 aliphatic carbocycles. The molecule has 6 rings (SSSR count). The number of anilines is 1. The molecule has 8 heteroatoms. The number of hydrogen-bond acceptors (Lipinski definition) is 7. The fraction of sp³-hybridized carbons (Fsp3) is 0.214. The number of benzene rings is 3. The third-order valence-electron chi connectivity index (χ3n) is 6.55. The molecule has 2 atom stereocenters. The summed E-state index contributed by atoms with van der Waals surface area (Å²) < 4.78 is 25.8. The highest BCUT2D eigenvalue weighted by molar-refractivity contribution is 5.85. The molecule has 1 N–H and O–H groups in total. The van der Waals surface area contributed by atoms with Crippen molar-refractivity contribution in [3.63, 3.8) is 0 Å². The Kier molecular flexibility index (Phi) is 5.48. The van der Waals surface area contributed by atoms with Gasteiger partial charge in [-0.05, 0) is 42.8 Å². The van der Waals surface area contributed by atoms with E-state index >= 15 is 0 Å². The second-order valence-electron chi connectivity index (χ2n) is 8.47. The molecule has 36 heavy (non-hydrogen) atoms. The van der Waals surface area contributed by atoms with Crippen molar-refractivity contribution in [2.24, 2.45) is 0 Å². The van der Waals surface area contributed by atoms with Gasteiger partial charge in [0.1, 0.15) is 23.9 Å². The minimum atomic E-state index is -0.430. The highest BCUT2D eigenvalue weighted by Gasteiger charge is 2.42. The molecule has 3 aromatic carbocycles. The van der Waals surface area contributed by atoms with Crippen LogP contribution >= 0.6 is 0 Å². The maximum Gasteiger partial charge on any atom is 0.226 e. The van der Waals surface area contributed by atoms with E-state index < -0.39 is 6.10 Å². The van der Waals surface area contributed by atoms with Gasteiger partial charge in [0, 0.05) is 16.7 Å². The molecular weight excluding hydrogens is 456 g/mol. The molecule has 0 saturated heterocycles. The van der Waals surface area contributed by atoms with E-state index in [1.807, 2.05) is 66.2 Å². The van der Waals surface area contributed by atoms with Gasteiger partial charge in [0.2, 0.25) is 5.95 Å². The highest BCUT2D eigenvalue weighted by atomic mass is 16.5.